The Balaban J connectivity index is 2.50. The molecule has 0 fully saturated rings. The number of amides is 2. The van der Waals surface area contributed by atoms with Crippen molar-refractivity contribution >= 4 is 17.6 Å². The van der Waals surface area contributed by atoms with Crippen LogP contribution in [0.2, 0.25) is 0 Å². The van der Waals surface area contributed by atoms with Crippen LogP contribution in [-0.2, 0) is 4.79 Å². The number of anilines is 1. The third-order valence-electron chi connectivity index (χ3n) is 2.07. The van der Waals surface area contributed by atoms with Crippen LogP contribution in [0.1, 0.15) is 31.3 Å². The van der Waals surface area contributed by atoms with Crippen LogP contribution in [0.15, 0.2) is 12.1 Å². The van der Waals surface area contributed by atoms with Crippen molar-refractivity contribution in [3.63, 3.8) is 0 Å². The van der Waals surface area contributed by atoms with Gasteiger partial charge < -0.3 is 16.0 Å². The first-order chi connectivity index (χ1) is 8.81. The largest absolute Gasteiger partial charge is 0.360 e. The third-order valence-corrected chi connectivity index (χ3v) is 2.07. The monoisotopic (exact) mass is 265 g/mol. The number of carbonyl (C=O) groups is 2. The molecule has 7 nitrogen and oxygen atoms in total. The Morgan fingerprint density at radius 2 is 1.89 bits per heavy atom. The maximum absolute atomic E-state index is 11.6. The number of aromatic nitrogens is 2. The molecule has 1 aromatic rings. The molecule has 1 heterocycles. The molecule has 0 radical (unpaired) electrons. The van der Waals surface area contributed by atoms with E-state index in [1.54, 1.807) is 6.07 Å². The van der Waals surface area contributed by atoms with E-state index < -0.39 is 0 Å². The maximum Gasteiger partial charge on any atom is 0.271 e. The van der Waals surface area contributed by atoms with Gasteiger partial charge in [0.05, 0.1) is 6.54 Å². The molecule has 0 aliphatic heterocycles. The van der Waals surface area contributed by atoms with Crippen molar-refractivity contribution in [1.29, 1.82) is 0 Å². The van der Waals surface area contributed by atoms with E-state index >= 15 is 0 Å². The number of carbonyl (C=O) groups excluding carboxylic acids is 2. The smallest absolute Gasteiger partial charge is 0.271 e. The quantitative estimate of drug-likeness (QED) is 0.721. The minimum Gasteiger partial charge on any atom is -0.360 e. The maximum atomic E-state index is 11.6. The second-order valence-corrected chi connectivity index (χ2v) is 5.03. The van der Waals surface area contributed by atoms with Gasteiger partial charge in [-0.15, -0.1) is 10.2 Å². The van der Waals surface area contributed by atoms with Crippen molar-refractivity contribution in [2.24, 2.45) is 0 Å². The van der Waals surface area contributed by atoms with E-state index in [4.69, 9.17) is 0 Å². The molecular formula is C12H19N5O2. The fourth-order valence-corrected chi connectivity index (χ4v) is 1.31. The lowest BCUT2D eigenvalue weighted by Crippen LogP contribution is -2.43. The molecule has 0 atom stereocenters. The van der Waals surface area contributed by atoms with Crippen molar-refractivity contribution in [2.75, 3.05) is 18.9 Å². The van der Waals surface area contributed by atoms with E-state index in [0.29, 0.717) is 5.82 Å². The zero-order valence-electron chi connectivity index (χ0n) is 11.6. The average molecular weight is 265 g/mol. The Hall–Kier alpha value is -2.18. The summed E-state index contributed by atoms with van der Waals surface area (Å²) >= 11 is 0. The summed E-state index contributed by atoms with van der Waals surface area (Å²) in [6.45, 7) is 5.82. The average Bonchev–Trinajstić information content (AvgIpc) is 2.34. The SMILES string of the molecule is CNC(=O)c1ccc(NCC(=O)NC(C)(C)C)nn1. The Kier molecular flexibility index (Phi) is 4.80. The van der Waals surface area contributed by atoms with Crippen molar-refractivity contribution in [1.82, 2.24) is 20.8 Å². The number of hydrogen-bond donors (Lipinski definition) is 3. The Bertz CT molecular complexity index is 450. The summed E-state index contributed by atoms with van der Waals surface area (Å²) in [4.78, 5) is 22.8. The number of rotatable bonds is 4. The highest BCUT2D eigenvalue weighted by atomic mass is 16.2. The first-order valence-electron chi connectivity index (χ1n) is 5.92. The molecule has 19 heavy (non-hydrogen) atoms. The van der Waals surface area contributed by atoms with Crippen molar-refractivity contribution in [3.05, 3.63) is 17.8 Å². The van der Waals surface area contributed by atoms with Gasteiger partial charge in [0.2, 0.25) is 5.91 Å². The Morgan fingerprint density at radius 1 is 1.21 bits per heavy atom. The van der Waals surface area contributed by atoms with E-state index in [1.807, 2.05) is 20.8 Å². The first-order valence-corrected chi connectivity index (χ1v) is 5.92. The first kappa shape index (κ1) is 14.9. The van der Waals surface area contributed by atoms with E-state index in [2.05, 4.69) is 26.1 Å². The second kappa shape index (κ2) is 6.12. The normalized spacial score (nSPS) is 10.7. The van der Waals surface area contributed by atoms with Gasteiger partial charge in [0.1, 0.15) is 5.82 Å². The van der Waals surface area contributed by atoms with Gasteiger partial charge in [-0.3, -0.25) is 9.59 Å². The fraction of sp³-hybridized carbons (Fsp3) is 0.500. The molecule has 0 aromatic carbocycles. The summed E-state index contributed by atoms with van der Waals surface area (Å²) < 4.78 is 0. The summed E-state index contributed by atoms with van der Waals surface area (Å²) in [6, 6.07) is 3.14. The van der Waals surface area contributed by atoms with Crippen LogP contribution in [0.25, 0.3) is 0 Å². The van der Waals surface area contributed by atoms with Crippen LogP contribution < -0.4 is 16.0 Å². The van der Waals surface area contributed by atoms with Crippen LogP contribution in [0.5, 0.6) is 0 Å². The minimum absolute atomic E-state index is 0.102. The lowest BCUT2D eigenvalue weighted by Gasteiger charge is -2.20. The molecule has 3 N–H and O–H groups in total. The molecule has 0 bridgehead atoms. The molecule has 1 rings (SSSR count). The van der Waals surface area contributed by atoms with Crippen molar-refractivity contribution in [3.8, 4) is 0 Å². The standard InChI is InChI=1S/C12H19N5O2/c1-12(2,3)15-10(18)7-14-9-6-5-8(16-17-9)11(19)13-4/h5-6H,7H2,1-4H3,(H,13,19)(H,14,17)(H,15,18). The molecule has 0 saturated heterocycles. The molecule has 104 valence electrons. The van der Waals surface area contributed by atoms with Gasteiger partial charge in [-0.1, -0.05) is 0 Å². The summed E-state index contributed by atoms with van der Waals surface area (Å²) in [6.07, 6.45) is 0. The lowest BCUT2D eigenvalue weighted by molar-refractivity contribution is -0.120. The Morgan fingerprint density at radius 3 is 2.37 bits per heavy atom. The van der Waals surface area contributed by atoms with E-state index in [-0.39, 0.29) is 29.6 Å². The van der Waals surface area contributed by atoms with Crippen LogP contribution in [0.3, 0.4) is 0 Å². The second-order valence-electron chi connectivity index (χ2n) is 5.03. The number of hydrogen-bond acceptors (Lipinski definition) is 5. The van der Waals surface area contributed by atoms with Crippen LogP contribution in [0, 0.1) is 0 Å². The summed E-state index contributed by atoms with van der Waals surface area (Å²) in [7, 11) is 1.52. The third kappa shape index (κ3) is 5.33. The predicted molar refractivity (Wildman–Crippen MR) is 71.8 cm³/mol. The molecule has 0 spiro atoms. The minimum atomic E-state index is -0.301. The fourth-order valence-electron chi connectivity index (χ4n) is 1.31. The zero-order chi connectivity index (χ0) is 14.5. The summed E-state index contributed by atoms with van der Waals surface area (Å²) in [5.41, 5.74) is -0.0414. The van der Waals surface area contributed by atoms with Crippen LogP contribution >= 0.6 is 0 Å². The highest BCUT2D eigenvalue weighted by Crippen LogP contribution is 2.02. The molecule has 0 saturated carbocycles. The van der Waals surface area contributed by atoms with Gasteiger partial charge in [0, 0.05) is 12.6 Å². The summed E-state index contributed by atoms with van der Waals surface area (Å²) in [5, 5.41) is 15.7. The zero-order valence-corrected chi connectivity index (χ0v) is 11.6. The number of nitrogens with one attached hydrogen (secondary N) is 3. The van der Waals surface area contributed by atoms with Crippen LogP contribution in [-0.4, -0.2) is 41.1 Å². The van der Waals surface area contributed by atoms with Gasteiger partial charge in [-0.25, -0.2) is 0 Å². The molecule has 0 aliphatic carbocycles. The Labute approximate surface area is 112 Å². The topological polar surface area (TPSA) is 96.0 Å². The van der Waals surface area contributed by atoms with Crippen molar-refractivity contribution in [2.45, 2.75) is 26.3 Å². The van der Waals surface area contributed by atoms with E-state index in [1.165, 1.54) is 13.1 Å². The van der Waals surface area contributed by atoms with Gasteiger partial charge >= 0.3 is 0 Å². The van der Waals surface area contributed by atoms with E-state index in [9.17, 15) is 9.59 Å². The predicted octanol–water partition coefficient (Wildman–Crippen LogP) is 0.163. The molecule has 0 unspecified atom stereocenters. The highest BCUT2D eigenvalue weighted by Gasteiger charge is 2.13. The van der Waals surface area contributed by atoms with Gasteiger partial charge in [-0.05, 0) is 32.9 Å². The lowest BCUT2D eigenvalue weighted by atomic mass is 10.1. The van der Waals surface area contributed by atoms with Crippen molar-refractivity contribution < 1.29 is 9.59 Å². The molecule has 0 aliphatic rings. The highest BCUT2D eigenvalue weighted by molar-refractivity contribution is 5.91. The molecule has 7 heteroatoms. The van der Waals surface area contributed by atoms with Gasteiger partial charge in [0.15, 0.2) is 5.69 Å². The number of nitrogens with zero attached hydrogens (tertiary/aromatic N) is 2. The molecular weight excluding hydrogens is 246 g/mol. The molecule has 2 amide bonds. The van der Waals surface area contributed by atoms with Crippen LogP contribution in [0.4, 0.5) is 5.82 Å². The van der Waals surface area contributed by atoms with Gasteiger partial charge in [0.25, 0.3) is 5.91 Å². The summed E-state index contributed by atoms with van der Waals surface area (Å²) in [5.74, 6) is 0.00548. The van der Waals surface area contributed by atoms with E-state index in [0.717, 1.165) is 0 Å². The molecule has 1 aromatic heterocycles. The van der Waals surface area contributed by atoms with Gasteiger partial charge in [-0.2, -0.15) is 0 Å².